The summed E-state index contributed by atoms with van der Waals surface area (Å²) in [6.45, 7) is 4.54. The number of rotatable bonds is 5. The molecule has 8 aromatic rings. The molecule has 0 radical (unpaired) electrons. The molecule has 0 aliphatic carbocycles. The smallest absolute Gasteiger partial charge is 1.00 e. The Hall–Kier alpha value is -3.49. The molecule has 0 unspecified atom stereocenters. The largest absolute Gasteiger partial charge is 4.00 e. The molecular formula is C42H32Cl2Hf. The van der Waals surface area contributed by atoms with Crippen LogP contribution < -0.4 is 24.8 Å². The fourth-order valence-electron chi connectivity index (χ4n) is 7.36. The molecule has 0 heterocycles. The van der Waals surface area contributed by atoms with Crippen molar-refractivity contribution in [3.05, 3.63) is 156 Å². The Kier molecular flexibility index (Phi) is 9.85. The first-order valence-corrected chi connectivity index (χ1v) is 15.0. The first-order valence-electron chi connectivity index (χ1n) is 15.0. The second-order valence-corrected chi connectivity index (χ2v) is 11.7. The van der Waals surface area contributed by atoms with Crippen LogP contribution >= 0.6 is 0 Å². The average molecular weight is 786 g/mol. The van der Waals surface area contributed by atoms with Gasteiger partial charge in [0.25, 0.3) is 0 Å². The van der Waals surface area contributed by atoms with Gasteiger partial charge in [-0.2, -0.15) is 0 Å². The number of hydrogen-bond donors (Lipinski definition) is 0. The molecule has 0 saturated carbocycles. The minimum Gasteiger partial charge on any atom is -1.00 e. The van der Waals surface area contributed by atoms with Gasteiger partial charge >= 0.3 is 25.8 Å². The molecule has 0 spiro atoms. The van der Waals surface area contributed by atoms with Crippen LogP contribution in [0.3, 0.4) is 0 Å². The third kappa shape index (κ3) is 5.61. The van der Waals surface area contributed by atoms with Crippen LogP contribution in [0.15, 0.2) is 133 Å². The number of halogens is 2. The van der Waals surface area contributed by atoms with Crippen molar-refractivity contribution in [2.75, 3.05) is 0 Å². The molecule has 45 heavy (non-hydrogen) atoms. The number of benzene rings is 6. The zero-order chi connectivity index (χ0) is 28.2. The van der Waals surface area contributed by atoms with Gasteiger partial charge in [-0.3, -0.25) is 0 Å². The summed E-state index contributed by atoms with van der Waals surface area (Å²) >= 11 is 0. The van der Waals surface area contributed by atoms with Crippen LogP contribution in [0.2, 0.25) is 0 Å². The SMILES string of the molecule is Cc1[cH-]c2cccc(CCc3cccc4[cH-]c(C)c(-c5cccc6ccccc56)c34)c2c1-c1cccc2ccccc12.[Cl-].[Cl-].[Hf+4]. The number of fused-ring (bicyclic) bond motifs is 4. The summed E-state index contributed by atoms with van der Waals surface area (Å²) in [6, 6.07) is 49.4. The van der Waals surface area contributed by atoms with E-state index >= 15 is 0 Å². The first-order chi connectivity index (χ1) is 20.7. The van der Waals surface area contributed by atoms with Crippen molar-refractivity contribution >= 4 is 43.1 Å². The standard InChI is InChI=1S/C42H32.2ClH.Hf/c1-27-25-33-17-7-15-31(41(33)39(27)37-21-9-13-29-11-3-5-19-35(29)37)23-24-32-16-8-18-34-26-28(2)40(42(32)34)38-22-10-14-30-12-4-6-20-36(30)38;;;/h3-22,25-26H,23-24H2,1-2H3;2*1H;/q-2;;;+4/p-2. The van der Waals surface area contributed by atoms with Crippen LogP contribution in [0.25, 0.3) is 65.3 Å². The van der Waals surface area contributed by atoms with Gasteiger partial charge < -0.3 is 24.8 Å². The van der Waals surface area contributed by atoms with E-state index in [0.717, 1.165) is 12.8 Å². The third-order valence-electron chi connectivity index (χ3n) is 9.18. The summed E-state index contributed by atoms with van der Waals surface area (Å²) < 4.78 is 0. The molecule has 8 aromatic carbocycles. The van der Waals surface area contributed by atoms with Gasteiger partial charge in [-0.15, -0.1) is 80.2 Å². The van der Waals surface area contributed by atoms with Gasteiger partial charge in [-0.05, 0) is 34.4 Å². The summed E-state index contributed by atoms with van der Waals surface area (Å²) in [5.41, 5.74) is 11.0. The molecule has 0 nitrogen and oxygen atoms in total. The minimum atomic E-state index is 0. The van der Waals surface area contributed by atoms with Crippen molar-refractivity contribution in [3.8, 4) is 22.3 Å². The second kappa shape index (κ2) is 13.5. The zero-order valence-corrected chi connectivity index (χ0v) is 30.5. The summed E-state index contributed by atoms with van der Waals surface area (Å²) in [7, 11) is 0. The van der Waals surface area contributed by atoms with E-state index in [2.05, 4.69) is 147 Å². The van der Waals surface area contributed by atoms with Crippen molar-refractivity contribution < 1.29 is 50.7 Å². The van der Waals surface area contributed by atoms with Gasteiger partial charge in [-0.25, -0.2) is 0 Å². The molecule has 0 bridgehead atoms. The van der Waals surface area contributed by atoms with E-state index in [0.29, 0.717) is 0 Å². The maximum absolute atomic E-state index is 2.37. The normalized spacial score (nSPS) is 11.0. The molecule has 0 N–H and O–H groups in total. The predicted molar refractivity (Wildman–Crippen MR) is 182 cm³/mol. The molecule has 0 aromatic heterocycles. The van der Waals surface area contributed by atoms with Crippen molar-refractivity contribution in [3.63, 3.8) is 0 Å². The summed E-state index contributed by atoms with van der Waals surface area (Å²) in [6.07, 6.45) is 1.99. The maximum atomic E-state index is 2.37. The van der Waals surface area contributed by atoms with Crippen LogP contribution in [0.4, 0.5) is 0 Å². The number of hydrogen-bond acceptors (Lipinski definition) is 0. The molecule has 0 aliphatic heterocycles. The second-order valence-electron chi connectivity index (χ2n) is 11.7. The monoisotopic (exact) mass is 786 g/mol. The fraction of sp³-hybridized carbons (Fsp3) is 0.0952. The molecule has 0 fully saturated rings. The van der Waals surface area contributed by atoms with Crippen molar-refractivity contribution in [2.45, 2.75) is 26.7 Å². The minimum absolute atomic E-state index is 0. The third-order valence-corrected chi connectivity index (χ3v) is 9.18. The molecule has 8 rings (SSSR count). The Morgan fingerprint density at radius 2 is 0.822 bits per heavy atom. The van der Waals surface area contributed by atoms with Crippen molar-refractivity contribution in [2.24, 2.45) is 0 Å². The molecule has 3 heteroatoms. The van der Waals surface area contributed by atoms with Crippen LogP contribution in [0, 0.1) is 13.8 Å². The fourth-order valence-corrected chi connectivity index (χ4v) is 7.36. The topological polar surface area (TPSA) is 0 Å². The van der Waals surface area contributed by atoms with Crippen molar-refractivity contribution in [1.82, 2.24) is 0 Å². The Morgan fingerprint density at radius 3 is 1.27 bits per heavy atom. The molecule has 0 aliphatic rings. The van der Waals surface area contributed by atoms with Crippen LogP contribution in [-0.2, 0) is 38.7 Å². The van der Waals surface area contributed by atoms with Gasteiger partial charge in [0.1, 0.15) is 0 Å². The Balaban J connectivity index is 0.00000133. The van der Waals surface area contributed by atoms with E-state index in [1.165, 1.54) is 87.6 Å². The maximum Gasteiger partial charge on any atom is 4.00 e. The van der Waals surface area contributed by atoms with Gasteiger partial charge in [0, 0.05) is 0 Å². The van der Waals surface area contributed by atoms with E-state index < -0.39 is 0 Å². The Labute approximate surface area is 296 Å². The van der Waals surface area contributed by atoms with E-state index in [9.17, 15) is 0 Å². The average Bonchev–Trinajstić information content (AvgIpc) is 3.55. The predicted octanol–water partition coefficient (Wildman–Crippen LogP) is 5.48. The van der Waals surface area contributed by atoms with E-state index in [1.807, 2.05) is 0 Å². The van der Waals surface area contributed by atoms with Gasteiger partial charge in [0.05, 0.1) is 0 Å². The van der Waals surface area contributed by atoms with Crippen LogP contribution in [-0.4, -0.2) is 0 Å². The summed E-state index contributed by atoms with van der Waals surface area (Å²) in [5, 5.41) is 10.7. The molecule has 0 saturated heterocycles. The zero-order valence-electron chi connectivity index (χ0n) is 25.4. The summed E-state index contributed by atoms with van der Waals surface area (Å²) in [5.74, 6) is 0. The Morgan fingerprint density at radius 1 is 0.444 bits per heavy atom. The molecule has 0 amide bonds. The van der Waals surface area contributed by atoms with Gasteiger partial charge in [0.15, 0.2) is 0 Å². The summed E-state index contributed by atoms with van der Waals surface area (Å²) in [4.78, 5) is 0. The van der Waals surface area contributed by atoms with Crippen molar-refractivity contribution in [1.29, 1.82) is 0 Å². The van der Waals surface area contributed by atoms with Gasteiger partial charge in [0.2, 0.25) is 0 Å². The first kappa shape index (κ1) is 32.9. The quantitative estimate of drug-likeness (QED) is 0.160. The molecule has 218 valence electrons. The van der Waals surface area contributed by atoms with E-state index in [1.54, 1.807) is 0 Å². The molecular weight excluding hydrogens is 754 g/mol. The van der Waals surface area contributed by atoms with E-state index in [-0.39, 0.29) is 50.7 Å². The van der Waals surface area contributed by atoms with Crippen LogP contribution in [0.5, 0.6) is 0 Å². The van der Waals surface area contributed by atoms with Crippen LogP contribution in [0.1, 0.15) is 22.3 Å². The number of aryl methyl sites for hydroxylation is 4. The van der Waals surface area contributed by atoms with E-state index in [4.69, 9.17) is 0 Å². The molecule has 0 atom stereocenters. The van der Waals surface area contributed by atoms with Gasteiger partial charge in [-0.1, -0.05) is 133 Å². The Bertz CT molecular complexity index is 2110.